The highest BCUT2D eigenvalue weighted by molar-refractivity contribution is 5.77. The van der Waals surface area contributed by atoms with E-state index >= 15 is 0 Å². The summed E-state index contributed by atoms with van der Waals surface area (Å²) in [5, 5.41) is 0. The second-order valence-electron chi connectivity index (χ2n) is 5.35. The Morgan fingerprint density at radius 2 is 1.83 bits per heavy atom. The number of hydrogen-bond donors (Lipinski definition) is 0. The van der Waals surface area contributed by atoms with E-state index in [1.54, 1.807) is 0 Å². The molecule has 3 heteroatoms. The van der Waals surface area contributed by atoms with Crippen LogP contribution in [-0.2, 0) is 4.79 Å². The highest BCUT2D eigenvalue weighted by Gasteiger charge is 2.25. The van der Waals surface area contributed by atoms with Crippen molar-refractivity contribution >= 4 is 5.91 Å². The Balaban J connectivity index is 1.84. The van der Waals surface area contributed by atoms with E-state index < -0.39 is 0 Å². The van der Waals surface area contributed by atoms with Crippen LogP contribution in [0.2, 0.25) is 0 Å². The van der Waals surface area contributed by atoms with Crippen LogP contribution in [0.1, 0.15) is 20.3 Å². The maximum absolute atomic E-state index is 12.1. The number of nitrogens with zero attached hydrogens (tertiary/aromatic N) is 1. The molecule has 1 aromatic rings. The molecule has 0 saturated carbocycles. The van der Waals surface area contributed by atoms with E-state index in [0.29, 0.717) is 11.8 Å². The van der Waals surface area contributed by atoms with Crippen molar-refractivity contribution in [3.63, 3.8) is 0 Å². The second kappa shape index (κ2) is 5.89. The Bertz CT molecular complexity index is 381. The number of amides is 1. The quantitative estimate of drug-likeness (QED) is 0.821. The van der Waals surface area contributed by atoms with Gasteiger partial charge in [0.1, 0.15) is 5.75 Å². The summed E-state index contributed by atoms with van der Waals surface area (Å²) in [5.74, 6) is 2.03. The van der Waals surface area contributed by atoms with Gasteiger partial charge in [0, 0.05) is 13.1 Å². The molecule has 0 unspecified atom stereocenters. The lowest BCUT2D eigenvalue weighted by Crippen LogP contribution is -2.44. The number of ether oxygens (including phenoxy) is 1. The van der Waals surface area contributed by atoms with Gasteiger partial charge in [0.05, 0.1) is 0 Å². The monoisotopic (exact) mass is 247 g/mol. The molecule has 0 aliphatic carbocycles. The van der Waals surface area contributed by atoms with Gasteiger partial charge in [-0.2, -0.15) is 0 Å². The minimum absolute atomic E-state index is 0.0947. The molecule has 1 aliphatic heterocycles. The topological polar surface area (TPSA) is 29.5 Å². The van der Waals surface area contributed by atoms with Crippen LogP contribution < -0.4 is 4.74 Å². The first-order valence-electron chi connectivity index (χ1n) is 6.60. The number of carbonyl (C=O) groups excluding carboxylic acids is 1. The summed E-state index contributed by atoms with van der Waals surface area (Å²) in [4.78, 5) is 14.0. The minimum Gasteiger partial charge on any atom is -0.484 e. The van der Waals surface area contributed by atoms with Crippen molar-refractivity contribution in [3.8, 4) is 5.75 Å². The molecular formula is C15H21NO2. The third-order valence-electron chi connectivity index (χ3n) is 3.33. The predicted octanol–water partition coefficient (Wildman–Crippen LogP) is 2.57. The Labute approximate surface area is 109 Å². The van der Waals surface area contributed by atoms with Gasteiger partial charge in [0.15, 0.2) is 6.61 Å². The van der Waals surface area contributed by atoms with Gasteiger partial charge < -0.3 is 9.64 Å². The molecule has 0 aromatic heterocycles. The normalized spacial score (nSPS) is 23.8. The van der Waals surface area contributed by atoms with Crippen LogP contribution in [0.5, 0.6) is 5.75 Å². The first kappa shape index (κ1) is 12.9. The predicted molar refractivity (Wildman–Crippen MR) is 71.5 cm³/mol. The molecular weight excluding hydrogens is 226 g/mol. The van der Waals surface area contributed by atoms with Crippen LogP contribution in [-0.4, -0.2) is 30.5 Å². The van der Waals surface area contributed by atoms with Crippen molar-refractivity contribution < 1.29 is 9.53 Å². The van der Waals surface area contributed by atoms with Gasteiger partial charge in [0.25, 0.3) is 5.91 Å². The molecule has 1 saturated heterocycles. The largest absolute Gasteiger partial charge is 0.484 e. The molecule has 3 nitrogen and oxygen atoms in total. The molecule has 2 rings (SSSR count). The zero-order chi connectivity index (χ0) is 13.0. The lowest BCUT2D eigenvalue weighted by Gasteiger charge is -2.34. The number of hydrogen-bond acceptors (Lipinski definition) is 2. The van der Waals surface area contributed by atoms with Crippen molar-refractivity contribution in [2.75, 3.05) is 19.7 Å². The molecule has 1 aliphatic rings. The van der Waals surface area contributed by atoms with Gasteiger partial charge in [-0.15, -0.1) is 0 Å². The number of piperidine rings is 1. The minimum atomic E-state index is 0.0947. The molecule has 0 N–H and O–H groups in total. The van der Waals surface area contributed by atoms with Crippen LogP contribution >= 0.6 is 0 Å². The van der Waals surface area contributed by atoms with E-state index in [4.69, 9.17) is 4.74 Å². The highest BCUT2D eigenvalue weighted by atomic mass is 16.5. The second-order valence-corrected chi connectivity index (χ2v) is 5.35. The molecule has 18 heavy (non-hydrogen) atoms. The van der Waals surface area contributed by atoms with E-state index in [1.165, 1.54) is 6.42 Å². The lowest BCUT2D eigenvalue weighted by molar-refractivity contribution is -0.136. The number of benzene rings is 1. The number of para-hydroxylation sites is 1. The Morgan fingerprint density at radius 3 is 2.44 bits per heavy atom. The summed E-state index contributed by atoms with van der Waals surface area (Å²) >= 11 is 0. The standard InChI is InChI=1S/C15H21NO2/c1-12-8-13(2)10-16(9-12)15(17)11-18-14-6-4-3-5-7-14/h3-7,12-13H,8-11H2,1-2H3/t12-,13-/m1/s1. The fourth-order valence-corrected chi connectivity index (χ4v) is 2.62. The smallest absolute Gasteiger partial charge is 0.260 e. The van der Waals surface area contributed by atoms with Crippen molar-refractivity contribution in [1.82, 2.24) is 4.90 Å². The average Bonchev–Trinajstić information content (AvgIpc) is 2.36. The molecule has 2 atom stereocenters. The number of rotatable bonds is 3. The summed E-state index contributed by atoms with van der Waals surface area (Å²) in [7, 11) is 0. The number of likely N-dealkylation sites (tertiary alicyclic amines) is 1. The van der Waals surface area contributed by atoms with Crippen LogP contribution in [0.3, 0.4) is 0 Å². The Morgan fingerprint density at radius 1 is 1.22 bits per heavy atom. The summed E-state index contributed by atoms with van der Waals surface area (Å²) < 4.78 is 5.50. The van der Waals surface area contributed by atoms with Crippen LogP contribution in [0, 0.1) is 11.8 Å². The summed E-state index contributed by atoms with van der Waals surface area (Å²) in [6.07, 6.45) is 1.21. The average molecular weight is 247 g/mol. The van der Waals surface area contributed by atoms with E-state index in [1.807, 2.05) is 35.2 Å². The molecule has 1 heterocycles. The molecule has 98 valence electrons. The summed E-state index contributed by atoms with van der Waals surface area (Å²) in [6.45, 7) is 6.27. The number of carbonyl (C=O) groups is 1. The molecule has 1 amide bonds. The lowest BCUT2D eigenvalue weighted by atomic mass is 9.92. The van der Waals surface area contributed by atoms with Gasteiger partial charge in [-0.1, -0.05) is 32.0 Å². The first-order valence-corrected chi connectivity index (χ1v) is 6.60. The van der Waals surface area contributed by atoms with Gasteiger partial charge in [-0.05, 0) is 30.4 Å². The van der Waals surface area contributed by atoms with E-state index in [-0.39, 0.29) is 12.5 Å². The molecule has 0 spiro atoms. The van der Waals surface area contributed by atoms with Crippen molar-refractivity contribution in [2.45, 2.75) is 20.3 Å². The fraction of sp³-hybridized carbons (Fsp3) is 0.533. The molecule has 0 radical (unpaired) electrons. The first-order chi connectivity index (χ1) is 8.65. The molecule has 0 bridgehead atoms. The zero-order valence-electron chi connectivity index (χ0n) is 11.1. The third-order valence-corrected chi connectivity index (χ3v) is 3.33. The maximum atomic E-state index is 12.1. The fourth-order valence-electron chi connectivity index (χ4n) is 2.62. The Kier molecular flexibility index (Phi) is 4.24. The van der Waals surface area contributed by atoms with Gasteiger partial charge in [-0.25, -0.2) is 0 Å². The van der Waals surface area contributed by atoms with Gasteiger partial charge in [0.2, 0.25) is 0 Å². The van der Waals surface area contributed by atoms with E-state index in [0.717, 1.165) is 18.8 Å². The van der Waals surface area contributed by atoms with E-state index in [9.17, 15) is 4.79 Å². The molecule has 1 fully saturated rings. The summed E-state index contributed by atoms with van der Waals surface area (Å²) in [5.41, 5.74) is 0. The van der Waals surface area contributed by atoms with Crippen molar-refractivity contribution in [1.29, 1.82) is 0 Å². The Hall–Kier alpha value is -1.51. The van der Waals surface area contributed by atoms with Crippen molar-refractivity contribution in [2.24, 2.45) is 11.8 Å². The SMILES string of the molecule is C[C@@H]1C[C@@H](C)CN(C(=O)COc2ccccc2)C1. The third kappa shape index (κ3) is 3.49. The van der Waals surface area contributed by atoms with Crippen LogP contribution in [0.15, 0.2) is 30.3 Å². The van der Waals surface area contributed by atoms with Crippen LogP contribution in [0.25, 0.3) is 0 Å². The van der Waals surface area contributed by atoms with Crippen molar-refractivity contribution in [3.05, 3.63) is 30.3 Å². The van der Waals surface area contributed by atoms with Crippen LogP contribution in [0.4, 0.5) is 0 Å². The van der Waals surface area contributed by atoms with Gasteiger partial charge >= 0.3 is 0 Å². The molecule has 1 aromatic carbocycles. The van der Waals surface area contributed by atoms with Gasteiger partial charge in [-0.3, -0.25) is 4.79 Å². The highest BCUT2D eigenvalue weighted by Crippen LogP contribution is 2.21. The summed E-state index contributed by atoms with van der Waals surface area (Å²) in [6, 6.07) is 9.49. The maximum Gasteiger partial charge on any atom is 0.260 e. The van der Waals surface area contributed by atoms with E-state index in [2.05, 4.69) is 13.8 Å². The zero-order valence-corrected chi connectivity index (χ0v) is 11.1.